The third-order valence-corrected chi connectivity index (χ3v) is 17.9. The number of aromatic amines is 1. The number of rotatable bonds is 17. The molecule has 3 aromatic heterocycles. The molecule has 0 bridgehead atoms. The van der Waals surface area contributed by atoms with Crippen LogP contribution in [0.3, 0.4) is 0 Å². The number of hydrogen-bond donors (Lipinski definition) is 4. The molecule has 2 aromatic carbocycles. The summed E-state index contributed by atoms with van der Waals surface area (Å²) in [5.74, 6) is -0.119. The molecule has 300 valence electrons. The third-order valence-electron chi connectivity index (χ3n) is 11.4. The Morgan fingerprint density at radius 3 is 2.21 bits per heavy atom. The number of ether oxygens (including phenoxy) is 2. The van der Waals surface area contributed by atoms with Crippen LogP contribution in [0.5, 0.6) is 11.5 Å². The van der Waals surface area contributed by atoms with Crippen molar-refractivity contribution in [2.45, 2.75) is 95.0 Å². The number of benzene rings is 2. The van der Waals surface area contributed by atoms with Crippen molar-refractivity contribution in [1.82, 2.24) is 15.2 Å². The Morgan fingerprint density at radius 2 is 1.62 bits per heavy atom. The topological polar surface area (TPSA) is 133 Å². The second-order valence-electron chi connectivity index (χ2n) is 16.2. The van der Waals surface area contributed by atoms with E-state index in [0.717, 1.165) is 54.5 Å². The quantitative estimate of drug-likeness (QED) is 0.0680. The first kappa shape index (κ1) is 41.8. The van der Waals surface area contributed by atoms with Gasteiger partial charge >= 0.3 is 5.97 Å². The summed E-state index contributed by atoms with van der Waals surface area (Å²) in [6, 6.07) is 22.8. The van der Waals surface area contributed by atoms with Gasteiger partial charge in [-0.2, -0.15) is 0 Å². The van der Waals surface area contributed by atoms with E-state index in [0.29, 0.717) is 41.0 Å². The number of thiophene rings is 2. The van der Waals surface area contributed by atoms with Crippen LogP contribution in [0, 0.1) is 0 Å². The number of H-pyrrole nitrogens is 1. The van der Waals surface area contributed by atoms with Crippen molar-refractivity contribution in [3.05, 3.63) is 115 Å². The van der Waals surface area contributed by atoms with Gasteiger partial charge < -0.3 is 39.3 Å². The molecule has 1 atom stereocenters. The number of phenolic OH excluding ortho intramolecular Hbond substituents is 1. The molecule has 1 saturated carbocycles. The van der Waals surface area contributed by atoms with Crippen molar-refractivity contribution >= 4 is 47.9 Å². The Bertz CT molecular complexity index is 2050. The summed E-state index contributed by atoms with van der Waals surface area (Å²) in [6.07, 6.45) is 3.02. The zero-order valence-electron chi connectivity index (χ0n) is 33.2. The summed E-state index contributed by atoms with van der Waals surface area (Å²) in [5, 5.41) is 29.2. The summed E-state index contributed by atoms with van der Waals surface area (Å²) in [5.41, 5.74) is 0.718. The van der Waals surface area contributed by atoms with E-state index < -0.39 is 19.9 Å². The fourth-order valence-corrected chi connectivity index (χ4v) is 10.2. The Balaban J connectivity index is 0.990. The summed E-state index contributed by atoms with van der Waals surface area (Å²) < 4.78 is 19.7. The SMILES string of the molecule is CN(CCOc1ccc(CNC[C@H](O[Si](C)(C)C(C)(C)C)c2ccc(O)c3[nH]c(=O)ccc23)cc1)C1CCC(OC(C(=O)O)(c2cccs2)c2cccs2)CC1. The van der Waals surface area contributed by atoms with Crippen LogP contribution in [0.1, 0.15) is 73.4 Å². The molecule has 0 aliphatic heterocycles. The highest BCUT2D eigenvalue weighted by molar-refractivity contribution is 7.12. The van der Waals surface area contributed by atoms with Crippen molar-refractivity contribution < 1.29 is 28.9 Å². The number of aromatic nitrogens is 1. The number of aliphatic carboxylic acids is 1. The molecule has 1 fully saturated rings. The standard InChI is InChI=1S/C43H55N3O7S2Si/c1-42(2,3)56(5,6)53-36(33-19-21-35(47)40-34(33)20-22-39(48)45-40)28-44-27-29-11-15-31(16-12-29)51-24-23-46(4)30-13-17-32(18-14-30)52-43(41(49)50,37-9-7-25-54-37)38-10-8-26-55-38/h7-12,15-16,19-22,25-26,30,32,36,44,47H,13-14,17-18,23-24,27-28H2,1-6H3,(H,45,48)(H,49,50)/t30?,32?,36-/m0/s1. The molecule has 4 N–H and O–H groups in total. The van der Waals surface area contributed by atoms with Gasteiger partial charge in [-0.25, -0.2) is 4.79 Å². The Hall–Kier alpha value is -3.82. The first-order valence-corrected chi connectivity index (χ1v) is 24.0. The van der Waals surface area contributed by atoms with E-state index in [2.05, 4.69) is 68.2 Å². The number of aromatic hydroxyl groups is 1. The van der Waals surface area contributed by atoms with Crippen LogP contribution in [-0.2, 0) is 26.1 Å². The van der Waals surface area contributed by atoms with Gasteiger partial charge in [-0.05, 0) is 109 Å². The average molecular weight is 818 g/mol. The lowest BCUT2D eigenvalue weighted by atomic mass is 9.90. The van der Waals surface area contributed by atoms with E-state index in [1.165, 1.54) is 28.7 Å². The molecule has 3 heterocycles. The Labute approximate surface area is 338 Å². The molecule has 0 spiro atoms. The molecule has 5 aromatic rings. The monoisotopic (exact) mass is 817 g/mol. The van der Waals surface area contributed by atoms with Gasteiger partial charge in [0.15, 0.2) is 8.32 Å². The minimum atomic E-state index is -2.19. The molecule has 0 radical (unpaired) electrons. The molecule has 0 saturated heterocycles. The Kier molecular flexibility index (Phi) is 13.3. The smallest absolute Gasteiger partial charge is 0.347 e. The van der Waals surface area contributed by atoms with Gasteiger partial charge in [-0.1, -0.05) is 51.1 Å². The summed E-state index contributed by atoms with van der Waals surface area (Å²) in [7, 11) is -0.0553. The molecular weight excluding hydrogens is 763 g/mol. The summed E-state index contributed by atoms with van der Waals surface area (Å²) >= 11 is 2.84. The van der Waals surface area contributed by atoms with Crippen LogP contribution in [0.15, 0.2) is 88.4 Å². The molecule has 0 amide bonds. The highest BCUT2D eigenvalue weighted by atomic mass is 32.1. The zero-order chi connectivity index (χ0) is 40.1. The van der Waals surface area contributed by atoms with Crippen molar-refractivity contribution in [3.8, 4) is 11.5 Å². The van der Waals surface area contributed by atoms with Gasteiger partial charge in [0.1, 0.15) is 18.1 Å². The number of hydrogen-bond acceptors (Lipinski definition) is 10. The molecule has 1 aliphatic carbocycles. The predicted molar refractivity (Wildman–Crippen MR) is 228 cm³/mol. The number of nitrogens with one attached hydrogen (secondary N) is 2. The van der Waals surface area contributed by atoms with E-state index in [9.17, 15) is 19.8 Å². The number of phenols is 1. The first-order chi connectivity index (χ1) is 26.7. The van der Waals surface area contributed by atoms with Crippen molar-refractivity contribution in [3.63, 3.8) is 0 Å². The average Bonchev–Trinajstić information content (AvgIpc) is 3.91. The second kappa shape index (κ2) is 17.8. The van der Waals surface area contributed by atoms with Crippen LogP contribution in [-0.4, -0.2) is 73.3 Å². The zero-order valence-corrected chi connectivity index (χ0v) is 35.8. The number of carboxylic acids is 1. The highest BCUT2D eigenvalue weighted by Gasteiger charge is 2.48. The number of nitrogens with zero attached hydrogens (tertiary/aromatic N) is 1. The molecular formula is C43H55N3O7S2Si. The summed E-state index contributed by atoms with van der Waals surface area (Å²) in [6.45, 7) is 13.6. The van der Waals surface area contributed by atoms with Crippen LogP contribution in [0.25, 0.3) is 10.9 Å². The maximum atomic E-state index is 12.8. The van der Waals surface area contributed by atoms with Crippen LogP contribution >= 0.6 is 22.7 Å². The van der Waals surface area contributed by atoms with Gasteiger partial charge in [0.2, 0.25) is 11.2 Å². The Morgan fingerprint density at radius 1 is 0.964 bits per heavy atom. The van der Waals surface area contributed by atoms with E-state index in [1.807, 2.05) is 53.2 Å². The van der Waals surface area contributed by atoms with Crippen molar-refractivity contribution in [1.29, 1.82) is 0 Å². The number of pyridine rings is 1. The van der Waals surface area contributed by atoms with E-state index in [-0.39, 0.29) is 28.6 Å². The van der Waals surface area contributed by atoms with Gasteiger partial charge in [-0.15, -0.1) is 22.7 Å². The lowest BCUT2D eigenvalue weighted by Crippen LogP contribution is -2.45. The largest absolute Gasteiger partial charge is 0.506 e. The van der Waals surface area contributed by atoms with E-state index >= 15 is 0 Å². The molecule has 1 aliphatic rings. The molecule has 6 rings (SSSR count). The van der Waals surface area contributed by atoms with Gasteiger partial charge in [0, 0.05) is 37.1 Å². The highest BCUT2D eigenvalue weighted by Crippen LogP contribution is 2.43. The van der Waals surface area contributed by atoms with Gasteiger partial charge in [0.25, 0.3) is 0 Å². The minimum absolute atomic E-state index is 0.00280. The molecule has 13 heteroatoms. The number of likely N-dealkylation sites (N-methyl/N-ethyl adjacent to an activating group) is 1. The number of fused-ring (bicyclic) bond motifs is 1. The van der Waals surface area contributed by atoms with Crippen LogP contribution in [0.2, 0.25) is 18.1 Å². The lowest BCUT2D eigenvalue weighted by molar-refractivity contribution is -0.170. The van der Waals surface area contributed by atoms with E-state index in [4.69, 9.17) is 13.9 Å². The molecule has 0 unspecified atom stereocenters. The van der Waals surface area contributed by atoms with E-state index in [1.54, 1.807) is 12.1 Å². The minimum Gasteiger partial charge on any atom is -0.506 e. The van der Waals surface area contributed by atoms with Gasteiger partial charge in [0.05, 0.1) is 27.5 Å². The van der Waals surface area contributed by atoms with Gasteiger partial charge in [-0.3, -0.25) is 4.79 Å². The molecule has 10 nitrogen and oxygen atoms in total. The number of carboxylic acid groups (broad SMARTS) is 1. The third kappa shape index (κ3) is 9.47. The maximum Gasteiger partial charge on any atom is 0.347 e. The van der Waals surface area contributed by atoms with Crippen molar-refractivity contribution in [2.24, 2.45) is 0 Å². The second-order valence-corrected chi connectivity index (χ2v) is 22.9. The fourth-order valence-electron chi connectivity index (χ4n) is 7.14. The van der Waals surface area contributed by atoms with Crippen molar-refractivity contribution in [2.75, 3.05) is 26.7 Å². The first-order valence-electron chi connectivity index (χ1n) is 19.3. The predicted octanol–water partition coefficient (Wildman–Crippen LogP) is 8.88. The number of carbonyl (C=O) groups is 1. The maximum absolute atomic E-state index is 12.8. The normalized spacial score (nSPS) is 17.3. The van der Waals surface area contributed by atoms with Crippen LogP contribution in [0.4, 0.5) is 0 Å². The summed E-state index contributed by atoms with van der Waals surface area (Å²) in [4.78, 5) is 31.4. The van der Waals surface area contributed by atoms with Crippen LogP contribution < -0.4 is 15.6 Å². The fraction of sp³-hybridized carbons (Fsp3) is 0.442. The molecule has 56 heavy (non-hydrogen) atoms. The lowest BCUT2D eigenvalue weighted by Gasteiger charge is -2.39.